The molecule has 1 heterocycles. The van der Waals surface area contributed by atoms with Crippen molar-refractivity contribution in [1.29, 1.82) is 0 Å². The van der Waals surface area contributed by atoms with Gasteiger partial charge in [0.05, 0.1) is 11.2 Å². The Morgan fingerprint density at radius 1 is 1.04 bits per heavy atom. The lowest BCUT2D eigenvalue weighted by atomic mass is 10.1. The number of anilines is 1. The average Bonchev–Trinajstić information content (AvgIpc) is 2.61. The van der Waals surface area contributed by atoms with Gasteiger partial charge in [-0.25, -0.2) is 0 Å². The van der Waals surface area contributed by atoms with E-state index in [1.165, 1.54) is 0 Å². The summed E-state index contributed by atoms with van der Waals surface area (Å²) < 4.78 is 6.18. The summed E-state index contributed by atoms with van der Waals surface area (Å²) in [4.78, 5) is 17.4. The van der Waals surface area contributed by atoms with Gasteiger partial charge in [0.15, 0.2) is 0 Å². The predicted molar refractivity (Wildman–Crippen MR) is 109 cm³/mol. The molecule has 0 atom stereocenters. The van der Waals surface area contributed by atoms with E-state index in [4.69, 9.17) is 4.43 Å². The number of carbonyl (C=O) groups is 1. The number of hydrogen-bond acceptors (Lipinski definition) is 3. The van der Waals surface area contributed by atoms with Crippen LogP contribution in [0.5, 0.6) is 0 Å². The molecule has 0 radical (unpaired) electrons. The van der Waals surface area contributed by atoms with Crippen LogP contribution in [0, 0.1) is 0 Å². The number of amides is 1. The van der Waals surface area contributed by atoms with Gasteiger partial charge in [-0.15, -0.1) is 0 Å². The van der Waals surface area contributed by atoms with Gasteiger partial charge >= 0.3 is 0 Å². The Hall–Kier alpha value is -2.50. The molecule has 3 aromatic rings. The standard InChI is InChI=1S/C21H24N2O2Si/c1-15(2)25-26(3,4)19-13-6-5-11-17(19)21(24)23-18-12-7-9-16-10-8-14-22-20(16)18/h5-15H,1-4H3,(H,23,24). The lowest BCUT2D eigenvalue weighted by molar-refractivity contribution is 0.102. The fraction of sp³-hybridized carbons (Fsp3) is 0.238. The predicted octanol–water partition coefficient (Wildman–Crippen LogP) is 4.32. The molecule has 3 rings (SSSR count). The molecule has 0 unspecified atom stereocenters. The highest BCUT2D eigenvalue weighted by molar-refractivity contribution is 6.85. The molecule has 5 heteroatoms. The monoisotopic (exact) mass is 364 g/mol. The molecule has 1 aromatic heterocycles. The molecule has 4 nitrogen and oxygen atoms in total. The van der Waals surface area contributed by atoms with E-state index in [-0.39, 0.29) is 12.0 Å². The van der Waals surface area contributed by atoms with Crippen LogP contribution in [-0.2, 0) is 4.43 Å². The van der Waals surface area contributed by atoms with Crippen molar-refractivity contribution in [2.75, 3.05) is 5.32 Å². The molecule has 0 bridgehead atoms. The van der Waals surface area contributed by atoms with Crippen LogP contribution in [0.4, 0.5) is 5.69 Å². The van der Waals surface area contributed by atoms with Crippen molar-refractivity contribution < 1.29 is 9.22 Å². The van der Waals surface area contributed by atoms with E-state index in [9.17, 15) is 4.79 Å². The van der Waals surface area contributed by atoms with Crippen LogP contribution in [0.15, 0.2) is 60.8 Å². The maximum absolute atomic E-state index is 13.0. The Morgan fingerprint density at radius 2 is 1.77 bits per heavy atom. The number of carbonyl (C=O) groups excluding carboxylic acids is 1. The molecule has 0 aliphatic rings. The summed E-state index contributed by atoms with van der Waals surface area (Å²) in [6, 6.07) is 17.4. The largest absolute Gasteiger partial charge is 0.411 e. The number of benzene rings is 2. The van der Waals surface area contributed by atoms with E-state index in [1.807, 2.05) is 68.4 Å². The molecule has 0 saturated carbocycles. The Morgan fingerprint density at radius 3 is 2.54 bits per heavy atom. The van der Waals surface area contributed by atoms with Crippen LogP contribution in [0.3, 0.4) is 0 Å². The molecule has 134 valence electrons. The van der Waals surface area contributed by atoms with Crippen molar-refractivity contribution in [2.24, 2.45) is 0 Å². The summed E-state index contributed by atoms with van der Waals surface area (Å²) in [5, 5.41) is 5.03. The number of aromatic nitrogens is 1. The molecule has 0 spiro atoms. The van der Waals surface area contributed by atoms with Crippen LogP contribution in [0.25, 0.3) is 10.9 Å². The zero-order valence-corrected chi connectivity index (χ0v) is 16.6. The first-order valence-electron chi connectivity index (χ1n) is 8.81. The Balaban J connectivity index is 1.96. The van der Waals surface area contributed by atoms with Gasteiger partial charge in [0.1, 0.15) is 0 Å². The van der Waals surface area contributed by atoms with E-state index < -0.39 is 8.32 Å². The molecular formula is C21H24N2O2Si. The Bertz CT molecular complexity index is 933. The van der Waals surface area contributed by atoms with Crippen LogP contribution in [0.1, 0.15) is 24.2 Å². The maximum Gasteiger partial charge on any atom is 0.255 e. The van der Waals surface area contributed by atoms with Gasteiger partial charge in [-0.1, -0.05) is 36.4 Å². The number of pyridine rings is 1. The molecule has 26 heavy (non-hydrogen) atoms. The quantitative estimate of drug-likeness (QED) is 0.686. The van der Waals surface area contributed by atoms with Gasteiger partial charge in [-0.3, -0.25) is 9.78 Å². The van der Waals surface area contributed by atoms with Crippen LogP contribution in [0.2, 0.25) is 13.1 Å². The van der Waals surface area contributed by atoms with Gasteiger partial charge in [0.25, 0.3) is 5.91 Å². The second-order valence-electron chi connectivity index (χ2n) is 7.06. The summed E-state index contributed by atoms with van der Waals surface area (Å²) in [5.41, 5.74) is 2.17. The zero-order chi connectivity index (χ0) is 18.7. The second kappa shape index (κ2) is 7.39. The minimum atomic E-state index is -2.20. The molecule has 0 saturated heterocycles. The normalized spacial score (nSPS) is 11.7. The van der Waals surface area contributed by atoms with E-state index in [0.29, 0.717) is 11.3 Å². The fourth-order valence-electron chi connectivity index (χ4n) is 3.25. The van der Waals surface area contributed by atoms with Crippen molar-refractivity contribution in [1.82, 2.24) is 4.98 Å². The summed E-state index contributed by atoms with van der Waals surface area (Å²) in [5.74, 6) is -0.133. The van der Waals surface area contributed by atoms with E-state index in [2.05, 4.69) is 23.4 Å². The summed E-state index contributed by atoms with van der Waals surface area (Å²) in [6.45, 7) is 8.30. The first kappa shape index (κ1) is 18.3. The second-order valence-corrected chi connectivity index (χ2v) is 10.9. The topological polar surface area (TPSA) is 51.2 Å². The number of rotatable bonds is 5. The van der Waals surface area contributed by atoms with Gasteiger partial charge in [-0.2, -0.15) is 0 Å². The first-order chi connectivity index (χ1) is 12.4. The average molecular weight is 365 g/mol. The maximum atomic E-state index is 13.0. The van der Waals surface area contributed by atoms with Crippen molar-refractivity contribution >= 4 is 36.0 Å². The molecule has 0 aliphatic carbocycles. The first-order valence-corrected chi connectivity index (χ1v) is 11.7. The minimum Gasteiger partial charge on any atom is -0.411 e. The zero-order valence-electron chi connectivity index (χ0n) is 15.6. The SMILES string of the molecule is CC(C)O[Si](C)(C)c1ccccc1C(=O)Nc1cccc2cccnc12. The number of nitrogens with one attached hydrogen (secondary N) is 1. The molecule has 0 fully saturated rings. The number of fused-ring (bicyclic) bond motifs is 1. The van der Waals surface area contributed by atoms with Gasteiger partial charge in [0, 0.05) is 23.3 Å². The van der Waals surface area contributed by atoms with E-state index >= 15 is 0 Å². The van der Waals surface area contributed by atoms with Crippen LogP contribution >= 0.6 is 0 Å². The highest BCUT2D eigenvalue weighted by Crippen LogP contribution is 2.21. The third-order valence-corrected chi connectivity index (χ3v) is 7.03. The molecule has 0 aliphatic heterocycles. The van der Waals surface area contributed by atoms with Crippen molar-refractivity contribution in [3.8, 4) is 0 Å². The Labute approximate surface area is 155 Å². The van der Waals surface area contributed by atoms with E-state index in [0.717, 1.165) is 16.1 Å². The third kappa shape index (κ3) is 3.84. The van der Waals surface area contributed by atoms with Gasteiger partial charge in [-0.05, 0) is 50.3 Å². The summed E-state index contributed by atoms with van der Waals surface area (Å²) >= 11 is 0. The van der Waals surface area contributed by atoms with Crippen molar-refractivity contribution in [2.45, 2.75) is 33.0 Å². The van der Waals surface area contributed by atoms with Crippen LogP contribution in [-0.4, -0.2) is 25.3 Å². The molecular weight excluding hydrogens is 340 g/mol. The van der Waals surface area contributed by atoms with Gasteiger partial charge < -0.3 is 9.74 Å². The molecule has 2 aromatic carbocycles. The van der Waals surface area contributed by atoms with Crippen LogP contribution < -0.4 is 10.5 Å². The fourth-order valence-corrected chi connectivity index (χ4v) is 5.90. The Kier molecular flexibility index (Phi) is 5.20. The van der Waals surface area contributed by atoms with Crippen molar-refractivity contribution in [3.05, 3.63) is 66.4 Å². The smallest absolute Gasteiger partial charge is 0.255 e. The third-order valence-electron chi connectivity index (χ3n) is 4.23. The van der Waals surface area contributed by atoms with Crippen molar-refractivity contribution in [3.63, 3.8) is 0 Å². The highest BCUT2D eigenvalue weighted by Gasteiger charge is 2.31. The molecule has 1 amide bonds. The van der Waals surface area contributed by atoms with E-state index in [1.54, 1.807) is 6.20 Å². The number of nitrogens with zero attached hydrogens (tertiary/aromatic N) is 1. The lowest BCUT2D eigenvalue weighted by Gasteiger charge is -2.27. The highest BCUT2D eigenvalue weighted by atomic mass is 28.4. The minimum absolute atomic E-state index is 0.120. The number of para-hydroxylation sites is 1. The molecule has 1 N–H and O–H groups in total. The van der Waals surface area contributed by atoms with Gasteiger partial charge in [0.2, 0.25) is 8.32 Å². The summed E-state index contributed by atoms with van der Waals surface area (Å²) in [7, 11) is -2.20. The number of hydrogen-bond donors (Lipinski definition) is 1. The summed E-state index contributed by atoms with van der Waals surface area (Å²) in [6.07, 6.45) is 1.85. The lowest BCUT2D eigenvalue weighted by Crippen LogP contribution is -2.49.